The lowest BCUT2D eigenvalue weighted by atomic mass is 9.93. The van der Waals surface area contributed by atoms with Gasteiger partial charge < -0.3 is 5.32 Å². The van der Waals surface area contributed by atoms with E-state index < -0.39 is 0 Å². The molecule has 2 rings (SSSR count). The standard InChI is InChI=1S/C15H23N/c1-2-3-4-5-7-13-8-6-9-14-10-11-16-12-15(13)14/h6,8-9,16H,2-5,7,10-12H2,1H3. The molecule has 1 heterocycles. The average molecular weight is 217 g/mol. The van der Waals surface area contributed by atoms with Gasteiger partial charge in [-0.1, -0.05) is 44.4 Å². The zero-order chi connectivity index (χ0) is 11.2. The van der Waals surface area contributed by atoms with Crippen molar-refractivity contribution in [3.8, 4) is 0 Å². The van der Waals surface area contributed by atoms with Crippen LogP contribution in [-0.2, 0) is 19.4 Å². The number of nitrogens with one attached hydrogen (secondary N) is 1. The molecule has 0 amide bonds. The number of rotatable bonds is 5. The molecule has 0 fully saturated rings. The first-order chi connectivity index (χ1) is 7.92. The summed E-state index contributed by atoms with van der Waals surface area (Å²) in [5, 5.41) is 3.48. The molecule has 0 aromatic heterocycles. The third kappa shape index (κ3) is 2.85. The summed E-state index contributed by atoms with van der Waals surface area (Å²) >= 11 is 0. The van der Waals surface area contributed by atoms with E-state index >= 15 is 0 Å². The topological polar surface area (TPSA) is 12.0 Å². The van der Waals surface area contributed by atoms with Gasteiger partial charge in [0.05, 0.1) is 0 Å². The Balaban J connectivity index is 1.97. The van der Waals surface area contributed by atoms with E-state index in [1.807, 2.05) is 0 Å². The van der Waals surface area contributed by atoms with Crippen molar-refractivity contribution in [2.45, 2.75) is 52.0 Å². The molecule has 1 heteroatoms. The van der Waals surface area contributed by atoms with Gasteiger partial charge in [-0.05, 0) is 42.5 Å². The molecule has 1 nitrogen and oxygen atoms in total. The van der Waals surface area contributed by atoms with Crippen molar-refractivity contribution >= 4 is 0 Å². The Labute approximate surface area is 99.3 Å². The fourth-order valence-corrected chi connectivity index (χ4v) is 2.56. The maximum absolute atomic E-state index is 3.48. The van der Waals surface area contributed by atoms with E-state index in [2.05, 4.69) is 30.4 Å². The van der Waals surface area contributed by atoms with Gasteiger partial charge in [-0.15, -0.1) is 0 Å². The van der Waals surface area contributed by atoms with Gasteiger partial charge in [-0.2, -0.15) is 0 Å². The molecule has 0 unspecified atom stereocenters. The van der Waals surface area contributed by atoms with E-state index in [4.69, 9.17) is 0 Å². The number of hydrogen-bond donors (Lipinski definition) is 1. The van der Waals surface area contributed by atoms with Crippen molar-refractivity contribution in [3.63, 3.8) is 0 Å². The summed E-state index contributed by atoms with van der Waals surface area (Å²) in [5.74, 6) is 0. The van der Waals surface area contributed by atoms with Crippen LogP contribution in [0.2, 0.25) is 0 Å². The lowest BCUT2D eigenvalue weighted by Crippen LogP contribution is -2.24. The van der Waals surface area contributed by atoms with E-state index in [0.29, 0.717) is 0 Å². The van der Waals surface area contributed by atoms with Crippen LogP contribution in [0.25, 0.3) is 0 Å². The van der Waals surface area contributed by atoms with Crippen LogP contribution in [0.15, 0.2) is 18.2 Å². The third-order valence-corrected chi connectivity index (χ3v) is 3.54. The first kappa shape index (κ1) is 11.7. The SMILES string of the molecule is CCCCCCc1cccc2c1CNCC2. The van der Waals surface area contributed by atoms with E-state index in [1.165, 1.54) is 38.5 Å². The summed E-state index contributed by atoms with van der Waals surface area (Å²) < 4.78 is 0. The Bertz CT molecular complexity index is 330. The quantitative estimate of drug-likeness (QED) is 0.745. The van der Waals surface area contributed by atoms with E-state index in [9.17, 15) is 0 Å². The summed E-state index contributed by atoms with van der Waals surface area (Å²) in [7, 11) is 0. The molecule has 1 aromatic carbocycles. The van der Waals surface area contributed by atoms with Gasteiger partial charge in [-0.3, -0.25) is 0 Å². The normalized spacial score (nSPS) is 14.8. The van der Waals surface area contributed by atoms with Gasteiger partial charge in [-0.25, -0.2) is 0 Å². The summed E-state index contributed by atoms with van der Waals surface area (Å²) in [6, 6.07) is 6.85. The Morgan fingerprint density at radius 1 is 1.19 bits per heavy atom. The Kier molecular flexibility index (Phi) is 4.41. The fraction of sp³-hybridized carbons (Fsp3) is 0.600. The van der Waals surface area contributed by atoms with E-state index in [0.717, 1.165) is 13.1 Å². The smallest absolute Gasteiger partial charge is 0.0211 e. The first-order valence-corrected chi connectivity index (χ1v) is 6.72. The average Bonchev–Trinajstić information content (AvgIpc) is 2.35. The van der Waals surface area contributed by atoms with E-state index in [-0.39, 0.29) is 0 Å². The molecule has 0 atom stereocenters. The molecule has 1 aromatic rings. The van der Waals surface area contributed by atoms with Crippen LogP contribution in [0.4, 0.5) is 0 Å². The molecule has 0 saturated heterocycles. The first-order valence-electron chi connectivity index (χ1n) is 6.72. The highest BCUT2D eigenvalue weighted by molar-refractivity contribution is 5.36. The monoisotopic (exact) mass is 217 g/mol. The van der Waals surface area contributed by atoms with Gasteiger partial charge in [0.1, 0.15) is 0 Å². The number of fused-ring (bicyclic) bond motifs is 1. The van der Waals surface area contributed by atoms with Gasteiger partial charge in [0, 0.05) is 6.54 Å². The zero-order valence-electron chi connectivity index (χ0n) is 10.4. The number of unbranched alkanes of at least 4 members (excludes halogenated alkanes) is 3. The molecule has 0 bridgehead atoms. The minimum absolute atomic E-state index is 1.08. The van der Waals surface area contributed by atoms with Gasteiger partial charge in [0.25, 0.3) is 0 Å². The molecule has 0 radical (unpaired) electrons. The predicted molar refractivity (Wildman–Crippen MR) is 69.7 cm³/mol. The molecular formula is C15H23N. The molecule has 0 spiro atoms. The Hall–Kier alpha value is -0.820. The number of benzene rings is 1. The summed E-state index contributed by atoms with van der Waals surface area (Å²) in [5.41, 5.74) is 4.75. The lowest BCUT2D eigenvalue weighted by molar-refractivity contribution is 0.625. The highest BCUT2D eigenvalue weighted by Gasteiger charge is 2.11. The van der Waals surface area contributed by atoms with Crippen LogP contribution in [0.5, 0.6) is 0 Å². The summed E-state index contributed by atoms with van der Waals surface area (Å²) in [4.78, 5) is 0. The van der Waals surface area contributed by atoms with Crippen LogP contribution in [0.3, 0.4) is 0 Å². The predicted octanol–water partition coefficient (Wildman–Crippen LogP) is 3.46. The van der Waals surface area contributed by atoms with Crippen molar-refractivity contribution in [1.29, 1.82) is 0 Å². The van der Waals surface area contributed by atoms with Crippen molar-refractivity contribution in [3.05, 3.63) is 34.9 Å². The molecule has 1 N–H and O–H groups in total. The van der Waals surface area contributed by atoms with Gasteiger partial charge >= 0.3 is 0 Å². The molecule has 88 valence electrons. The second kappa shape index (κ2) is 6.05. The van der Waals surface area contributed by atoms with Gasteiger partial charge in [0.15, 0.2) is 0 Å². The second-order valence-corrected chi connectivity index (χ2v) is 4.79. The van der Waals surface area contributed by atoms with Gasteiger partial charge in [0.2, 0.25) is 0 Å². The van der Waals surface area contributed by atoms with Crippen molar-refractivity contribution in [2.24, 2.45) is 0 Å². The highest BCUT2D eigenvalue weighted by atomic mass is 14.9. The molecule has 1 aliphatic heterocycles. The van der Waals surface area contributed by atoms with Crippen molar-refractivity contribution in [1.82, 2.24) is 5.32 Å². The molecular weight excluding hydrogens is 194 g/mol. The van der Waals surface area contributed by atoms with Crippen LogP contribution >= 0.6 is 0 Å². The van der Waals surface area contributed by atoms with Crippen molar-refractivity contribution < 1.29 is 0 Å². The molecule has 0 saturated carbocycles. The third-order valence-electron chi connectivity index (χ3n) is 3.54. The summed E-state index contributed by atoms with van der Waals surface area (Å²) in [6.45, 7) is 4.50. The fourth-order valence-electron chi connectivity index (χ4n) is 2.56. The van der Waals surface area contributed by atoms with Crippen LogP contribution < -0.4 is 5.32 Å². The maximum atomic E-state index is 3.48. The lowest BCUT2D eigenvalue weighted by Gasteiger charge is -2.20. The Morgan fingerprint density at radius 3 is 3.00 bits per heavy atom. The second-order valence-electron chi connectivity index (χ2n) is 4.79. The molecule has 1 aliphatic rings. The molecule has 0 aliphatic carbocycles. The number of hydrogen-bond acceptors (Lipinski definition) is 1. The molecule has 16 heavy (non-hydrogen) atoms. The summed E-state index contributed by atoms with van der Waals surface area (Å²) in [6.07, 6.45) is 7.92. The maximum Gasteiger partial charge on any atom is 0.0211 e. The van der Waals surface area contributed by atoms with Crippen molar-refractivity contribution in [2.75, 3.05) is 6.54 Å². The Morgan fingerprint density at radius 2 is 2.12 bits per heavy atom. The zero-order valence-corrected chi connectivity index (χ0v) is 10.4. The van der Waals surface area contributed by atoms with Crippen LogP contribution in [-0.4, -0.2) is 6.54 Å². The highest BCUT2D eigenvalue weighted by Crippen LogP contribution is 2.20. The largest absolute Gasteiger partial charge is 0.312 e. The van der Waals surface area contributed by atoms with E-state index in [1.54, 1.807) is 16.7 Å². The minimum Gasteiger partial charge on any atom is -0.312 e. The van der Waals surface area contributed by atoms with Crippen LogP contribution in [0.1, 0.15) is 49.3 Å². The van der Waals surface area contributed by atoms with Crippen LogP contribution in [0, 0.1) is 0 Å². The minimum atomic E-state index is 1.08. The number of aryl methyl sites for hydroxylation is 1.